The van der Waals surface area contributed by atoms with Crippen molar-refractivity contribution >= 4 is 11.6 Å². The van der Waals surface area contributed by atoms with Crippen molar-refractivity contribution in [1.82, 2.24) is 0 Å². The van der Waals surface area contributed by atoms with Gasteiger partial charge in [0, 0.05) is 22.3 Å². The first-order valence-corrected chi connectivity index (χ1v) is 8.45. The third-order valence-corrected chi connectivity index (χ3v) is 4.49. The average Bonchev–Trinajstić information content (AvgIpc) is 2.52. The van der Waals surface area contributed by atoms with Gasteiger partial charge in [0.05, 0.1) is 0 Å². The number of carbonyl (C=O) groups is 2. The second-order valence-corrected chi connectivity index (χ2v) is 6.85. The van der Waals surface area contributed by atoms with Gasteiger partial charge in [-0.1, -0.05) is 56.2 Å². The van der Waals surface area contributed by atoms with Crippen LogP contribution in [-0.4, -0.2) is 11.6 Å². The van der Waals surface area contributed by atoms with E-state index in [1.54, 1.807) is 25.1 Å². The zero-order valence-corrected chi connectivity index (χ0v) is 14.6. The number of ketones is 2. The summed E-state index contributed by atoms with van der Waals surface area (Å²) in [6.07, 6.45) is 6.12. The molecule has 0 radical (unpaired) electrons. The third-order valence-electron chi connectivity index (χ3n) is 4.49. The number of rotatable bonds is 6. The van der Waals surface area contributed by atoms with E-state index < -0.39 is 0 Å². The zero-order valence-electron chi connectivity index (χ0n) is 14.6. The maximum Gasteiger partial charge on any atom is 0.190 e. The molecule has 1 aliphatic rings. The minimum absolute atomic E-state index is 0.00364. The van der Waals surface area contributed by atoms with Crippen LogP contribution in [0.2, 0.25) is 0 Å². The Labute approximate surface area is 139 Å². The molecule has 1 aromatic rings. The SMILES string of the molecule is CC1=C(C/C=C(/C)CCCC(C)C)C(=O)c2ccccc2C1=O. The van der Waals surface area contributed by atoms with E-state index in [1.165, 1.54) is 18.4 Å². The van der Waals surface area contributed by atoms with Crippen molar-refractivity contribution < 1.29 is 9.59 Å². The lowest BCUT2D eigenvalue weighted by atomic mass is 9.83. The maximum absolute atomic E-state index is 12.6. The minimum atomic E-state index is -0.0129. The fraction of sp³-hybridized carbons (Fsp3) is 0.429. The summed E-state index contributed by atoms with van der Waals surface area (Å²) in [5.74, 6) is 0.715. The Hall–Kier alpha value is -1.96. The Morgan fingerprint density at radius 2 is 1.70 bits per heavy atom. The molecule has 1 aromatic carbocycles. The Balaban J connectivity index is 2.12. The van der Waals surface area contributed by atoms with E-state index in [4.69, 9.17) is 0 Å². The number of hydrogen-bond acceptors (Lipinski definition) is 2. The van der Waals surface area contributed by atoms with Crippen LogP contribution in [0.5, 0.6) is 0 Å². The van der Waals surface area contributed by atoms with E-state index in [1.807, 2.05) is 6.07 Å². The molecule has 2 nitrogen and oxygen atoms in total. The minimum Gasteiger partial charge on any atom is -0.289 e. The number of allylic oxidation sites excluding steroid dienone is 4. The van der Waals surface area contributed by atoms with Gasteiger partial charge >= 0.3 is 0 Å². The largest absolute Gasteiger partial charge is 0.289 e. The second-order valence-electron chi connectivity index (χ2n) is 6.85. The van der Waals surface area contributed by atoms with Gasteiger partial charge < -0.3 is 0 Å². The van der Waals surface area contributed by atoms with Crippen LogP contribution in [0.25, 0.3) is 0 Å². The molecule has 0 heterocycles. The fourth-order valence-electron chi connectivity index (χ4n) is 2.96. The van der Waals surface area contributed by atoms with E-state index in [0.29, 0.717) is 28.7 Å². The second kappa shape index (κ2) is 7.54. The number of benzene rings is 1. The summed E-state index contributed by atoms with van der Waals surface area (Å²) in [4.78, 5) is 25.1. The van der Waals surface area contributed by atoms with Gasteiger partial charge in [0.15, 0.2) is 11.6 Å². The molecule has 0 unspecified atom stereocenters. The van der Waals surface area contributed by atoms with Crippen LogP contribution in [0.3, 0.4) is 0 Å². The first-order chi connectivity index (χ1) is 10.9. The van der Waals surface area contributed by atoms with Gasteiger partial charge in [-0.3, -0.25) is 9.59 Å². The fourth-order valence-corrected chi connectivity index (χ4v) is 2.96. The predicted molar refractivity (Wildman–Crippen MR) is 94.9 cm³/mol. The first kappa shape index (κ1) is 17.4. The summed E-state index contributed by atoms with van der Waals surface area (Å²) in [7, 11) is 0. The maximum atomic E-state index is 12.6. The van der Waals surface area contributed by atoms with Crippen molar-refractivity contribution in [1.29, 1.82) is 0 Å². The quantitative estimate of drug-likeness (QED) is 0.646. The predicted octanol–water partition coefficient (Wildman–Crippen LogP) is 5.54. The van der Waals surface area contributed by atoms with Gasteiger partial charge in [-0.25, -0.2) is 0 Å². The first-order valence-electron chi connectivity index (χ1n) is 8.45. The number of fused-ring (bicyclic) bond motifs is 1. The van der Waals surface area contributed by atoms with Crippen molar-refractivity contribution in [3.05, 3.63) is 58.2 Å². The molecule has 0 N–H and O–H groups in total. The molecular weight excluding hydrogens is 284 g/mol. The van der Waals surface area contributed by atoms with E-state index in [0.717, 1.165) is 12.3 Å². The molecule has 0 saturated heterocycles. The van der Waals surface area contributed by atoms with Crippen molar-refractivity contribution in [2.45, 2.75) is 53.4 Å². The van der Waals surface area contributed by atoms with E-state index >= 15 is 0 Å². The molecular formula is C21H26O2. The number of Topliss-reactive ketones (excluding diaryl/α,β-unsaturated/α-hetero) is 2. The monoisotopic (exact) mass is 310 g/mol. The van der Waals surface area contributed by atoms with E-state index in [9.17, 15) is 9.59 Å². The molecule has 0 aromatic heterocycles. The van der Waals surface area contributed by atoms with Crippen LogP contribution in [0.4, 0.5) is 0 Å². The van der Waals surface area contributed by atoms with Crippen molar-refractivity contribution in [2.24, 2.45) is 5.92 Å². The van der Waals surface area contributed by atoms with Crippen LogP contribution >= 0.6 is 0 Å². The smallest absolute Gasteiger partial charge is 0.190 e. The molecule has 1 aliphatic carbocycles. The molecule has 2 heteroatoms. The Morgan fingerprint density at radius 1 is 1.09 bits per heavy atom. The highest BCUT2D eigenvalue weighted by molar-refractivity contribution is 6.26. The molecule has 0 saturated carbocycles. The summed E-state index contributed by atoms with van der Waals surface area (Å²) in [5.41, 5.74) is 3.63. The van der Waals surface area contributed by atoms with Gasteiger partial charge in [-0.2, -0.15) is 0 Å². The highest BCUT2D eigenvalue weighted by atomic mass is 16.1. The molecule has 0 atom stereocenters. The summed E-state index contributed by atoms with van der Waals surface area (Å²) in [5, 5.41) is 0. The lowest BCUT2D eigenvalue weighted by molar-refractivity contribution is 0.0973. The number of carbonyl (C=O) groups excluding carboxylic acids is 2. The standard InChI is InChI=1S/C21H26O2/c1-14(2)8-7-9-15(3)12-13-17-16(4)20(22)18-10-5-6-11-19(18)21(17)23/h5-6,10-12,14H,7-9,13H2,1-4H3/b15-12-. The topological polar surface area (TPSA) is 34.1 Å². The van der Waals surface area contributed by atoms with Crippen LogP contribution < -0.4 is 0 Å². The van der Waals surface area contributed by atoms with Crippen LogP contribution in [-0.2, 0) is 0 Å². The molecule has 23 heavy (non-hydrogen) atoms. The summed E-state index contributed by atoms with van der Waals surface area (Å²) in [6.45, 7) is 8.35. The van der Waals surface area contributed by atoms with Crippen LogP contribution in [0.1, 0.15) is 74.1 Å². The normalized spacial score (nSPS) is 15.4. The van der Waals surface area contributed by atoms with Crippen molar-refractivity contribution in [3.8, 4) is 0 Å². The lowest BCUT2D eigenvalue weighted by Gasteiger charge is -2.18. The lowest BCUT2D eigenvalue weighted by Crippen LogP contribution is -2.20. The average molecular weight is 310 g/mol. The number of hydrogen-bond donors (Lipinski definition) is 0. The van der Waals surface area contributed by atoms with Gasteiger partial charge in [0.1, 0.15) is 0 Å². The van der Waals surface area contributed by atoms with Gasteiger partial charge in [0.2, 0.25) is 0 Å². The highest BCUT2D eigenvalue weighted by Crippen LogP contribution is 2.28. The van der Waals surface area contributed by atoms with Gasteiger partial charge in [-0.15, -0.1) is 0 Å². The Morgan fingerprint density at radius 3 is 2.30 bits per heavy atom. The summed E-state index contributed by atoms with van der Waals surface area (Å²) < 4.78 is 0. The van der Waals surface area contributed by atoms with Gasteiger partial charge in [0.25, 0.3) is 0 Å². The highest BCUT2D eigenvalue weighted by Gasteiger charge is 2.28. The molecule has 0 bridgehead atoms. The molecule has 0 amide bonds. The van der Waals surface area contributed by atoms with E-state index in [2.05, 4.69) is 26.8 Å². The summed E-state index contributed by atoms with van der Waals surface area (Å²) >= 11 is 0. The molecule has 2 rings (SSSR count). The van der Waals surface area contributed by atoms with E-state index in [-0.39, 0.29) is 11.6 Å². The van der Waals surface area contributed by atoms with Crippen molar-refractivity contribution in [2.75, 3.05) is 0 Å². The van der Waals surface area contributed by atoms with Crippen LogP contribution in [0, 0.1) is 5.92 Å². The summed E-state index contributed by atoms with van der Waals surface area (Å²) in [6, 6.07) is 7.11. The Bertz CT molecular complexity index is 675. The van der Waals surface area contributed by atoms with Crippen LogP contribution in [0.15, 0.2) is 47.1 Å². The third kappa shape index (κ3) is 4.07. The molecule has 122 valence electrons. The van der Waals surface area contributed by atoms with Gasteiger partial charge in [-0.05, 0) is 39.0 Å². The van der Waals surface area contributed by atoms with Crippen molar-refractivity contribution in [3.63, 3.8) is 0 Å². The molecule has 0 aliphatic heterocycles. The Kier molecular flexibility index (Phi) is 5.70. The zero-order chi connectivity index (χ0) is 17.0. The molecule has 0 spiro atoms. The molecule has 0 fully saturated rings.